The first-order valence-corrected chi connectivity index (χ1v) is 5.13. The molecule has 0 aromatic rings. The lowest BCUT2D eigenvalue weighted by atomic mass is 10.2. The fourth-order valence-corrected chi connectivity index (χ4v) is 1.81. The molecule has 0 amide bonds. The number of likely N-dealkylation sites (N-methyl/N-ethyl adjacent to an activating group) is 1. The molecule has 1 heterocycles. The minimum atomic E-state index is 0.691. The van der Waals surface area contributed by atoms with Crippen molar-refractivity contribution in [2.24, 2.45) is 0 Å². The van der Waals surface area contributed by atoms with E-state index < -0.39 is 0 Å². The normalized spacial score (nSPS) is 23.2. The van der Waals surface area contributed by atoms with Gasteiger partial charge in [0.1, 0.15) is 0 Å². The molecule has 1 aliphatic rings. The number of likely N-dealkylation sites (tertiary alicyclic amines) is 1. The zero-order chi connectivity index (χ0) is 9.52. The highest BCUT2D eigenvalue weighted by molar-refractivity contribution is 4.79. The van der Waals surface area contributed by atoms with Gasteiger partial charge in [0.05, 0.1) is 6.07 Å². The molecule has 74 valence electrons. The Kier molecular flexibility index (Phi) is 4.81. The molecule has 3 nitrogen and oxygen atoms in total. The number of hydrogen-bond acceptors (Lipinski definition) is 3. The van der Waals surface area contributed by atoms with Crippen LogP contribution >= 0.6 is 0 Å². The minimum Gasteiger partial charge on any atom is -0.316 e. The summed E-state index contributed by atoms with van der Waals surface area (Å²) in [4.78, 5) is 2.48. The Labute approximate surface area is 80.7 Å². The minimum absolute atomic E-state index is 0.691. The molecular weight excluding hydrogens is 162 g/mol. The van der Waals surface area contributed by atoms with Crippen molar-refractivity contribution in [3.05, 3.63) is 0 Å². The lowest BCUT2D eigenvalue weighted by Crippen LogP contribution is -2.30. The van der Waals surface area contributed by atoms with E-state index in [2.05, 4.69) is 16.3 Å². The van der Waals surface area contributed by atoms with E-state index in [1.54, 1.807) is 0 Å². The van der Waals surface area contributed by atoms with Gasteiger partial charge in [-0.15, -0.1) is 0 Å². The maximum atomic E-state index is 8.36. The summed E-state index contributed by atoms with van der Waals surface area (Å²) in [5.41, 5.74) is 0. The number of nitrogens with one attached hydrogen (secondary N) is 1. The molecule has 1 fully saturated rings. The van der Waals surface area contributed by atoms with Crippen molar-refractivity contribution in [2.75, 3.05) is 26.7 Å². The Morgan fingerprint density at radius 3 is 3.00 bits per heavy atom. The zero-order valence-corrected chi connectivity index (χ0v) is 8.42. The van der Waals surface area contributed by atoms with Crippen molar-refractivity contribution >= 4 is 0 Å². The van der Waals surface area contributed by atoms with Gasteiger partial charge < -0.3 is 10.2 Å². The van der Waals surface area contributed by atoms with E-state index in [1.165, 1.54) is 32.5 Å². The van der Waals surface area contributed by atoms with Gasteiger partial charge in [-0.1, -0.05) is 0 Å². The molecule has 0 saturated carbocycles. The van der Waals surface area contributed by atoms with E-state index in [1.807, 2.05) is 7.05 Å². The summed E-state index contributed by atoms with van der Waals surface area (Å²) >= 11 is 0. The van der Waals surface area contributed by atoms with E-state index in [4.69, 9.17) is 5.26 Å². The summed E-state index contributed by atoms with van der Waals surface area (Å²) in [6.07, 6.45) is 4.21. The molecule has 1 rings (SSSR count). The van der Waals surface area contributed by atoms with Crippen LogP contribution in [0.2, 0.25) is 0 Å². The Morgan fingerprint density at radius 2 is 2.38 bits per heavy atom. The lowest BCUT2D eigenvalue weighted by Gasteiger charge is -2.14. The third-order valence-corrected chi connectivity index (χ3v) is 2.69. The molecule has 13 heavy (non-hydrogen) atoms. The summed E-state index contributed by atoms with van der Waals surface area (Å²) in [6, 6.07) is 2.87. The van der Waals surface area contributed by atoms with Gasteiger partial charge in [-0.3, -0.25) is 0 Å². The van der Waals surface area contributed by atoms with E-state index in [-0.39, 0.29) is 0 Å². The number of nitrogens with zero attached hydrogens (tertiary/aromatic N) is 2. The number of rotatable bonds is 5. The largest absolute Gasteiger partial charge is 0.316 e. The van der Waals surface area contributed by atoms with Gasteiger partial charge in [-0.2, -0.15) is 5.26 Å². The van der Waals surface area contributed by atoms with Crippen LogP contribution < -0.4 is 5.32 Å². The molecule has 0 aromatic carbocycles. The van der Waals surface area contributed by atoms with Crippen molar-refractivity contribution in [1.82, 2.24) is 10.2 Å². The van der Waals surface area contributed by atoms with Crippen LogP contribution in [0.5, 0.6) is 0 Å². The molecular formula is C10H19N3. The predicted molar refractivity (Wildman–Crippen MR) is 53.4 cm³/mol. The maximum Gasteiger partial charge on any atom is 0.0621 e. The first kappa shape index (κ1) is 10.5. The molecule has 1 atom stereocenters. The molecule has 1 N–H and O–H groups in total. The summed E-state index contributed by atoms with van der Waals surface area (Å²) in [5, 5.41) is 11.7. The van der Waals surface area contributed by atoms with Gasteiger partial charge in [0.15, 0.2) is 0 Å². The molecule has 0 radical (unpaired) electrons. The van der Waals surface area contributed by atoms with Crippen molar-refractivity contribution < 1.29 is 0 Å². The van der Waals surface area contributed by atoms with Gasteiger partial charge in [0.25, 0.3) is 0 Å². The predicted octanol–water partition coefficient (Wildman–Crippen LogP) is 0.974. The first-order valence-electron chi connectivity index (χ1n) is 5.13. The molecule has 0 bridgehead atoms. The quantitative estimate of drug-likeness (QED) is 0.642. The summed E-state index contributed by atoms with van der Waals surface area (Å²) in [6.45, 7) is 3.57. The average molecular weight is 181 g/mol. The van der Waals surface area contributed by atoms with E-state index in [0.29, 0.717) is 12.5 Å². The smallest absolute Gasteiger partial charge is 0.0621 e. The topological polar surface area (TPSA) is 39.1 Å². The van der Waals surface area contributed by atoms with Gasteiger partial charge in [0, 0.05) is 19.0 Å². The third-order valence-electron chi connectivity index (χ3n) is 2.69. The van der Waals surface area contributed by atoms with Crippen LogP contribution in [0.15, 0.2) is 0 Å². The molecule has 1 saturated heterocycles. The molecule has 0 aliphatic carbocycles. The fourth-order valence-electron chi connectivity index (χ4n) is 1.81. The Morgan fingerprint density at radius 1 is 1.54 bits per heavy atom. The summed E-state index contributed by atoms with van der Waals surface area (Å²) in [7, 11) is 2.03. The third kappa shape index (κ3) is 3.75. The SMILES string of the molecule is CNC1CCN(CCCCC#N)C1. The van der Waals surface area contributed by atoms with Crippen LogP contribution in [0.1, 0.15) is 25.7 Å². The number of hydrogen-bond donors (Lipinski definition) is 1. The van der Waals surface area contributed by atoms with Crippen LogP contribution in [0.4, 0.5) is 0 Å². The maximum absolute atomic E-state index is 8.36. The summed E-state index contributed by atoms with van der Waals surface area (Å²) < 4.78 is 0. The van der Waals surface area contributed by atoms with Crippen LogP contribution in [0.3, 0.4) is 0 Å². The van der Waals surface area contributed by atoms with E-state index in [9.17, 15) is 0 Å². The zero-order valence-electron chi connectivity index (χ0n) is 8.42. The Hall–Kier alpha value is -0.590. The van der Waals surface area contributed by atoms with Crippen LogP contribution in [0, 0.1) is 11.3 Å². The number of nitriles is 1. The second kappa shape index (κ2) is 5.95. The average Bonchev–Trinajstić information content (AvgIpc) is 2.60. The van der Waals surface area contributed by atoms with Gasteiger partial charge >= 0.3 is 0 Å². The highest BCUT2D eigenvalue weighted by atomic mass is 15.2. The number of unbranched alkanes of at least 4 members (excludes halogenated alkanes) is 2. The van der Waals surface area contributed by atoms with Crippen molar-refractivity contribution in [3.63, 3.8) is 0 Å². The fraction of sp³-hybridized carbons (Fsp3) is 0.900. The highest BCUT2D eigenvalue weighted by Gasteiger charge is 2.19. The van der Waals surface area contributed by atoms with Crippen LogP contribution in [-0.2, 0) is 0 Å². The Balaban J connectivity index is 2.01. The van der Waals surface area contributed by atoms with Crippen LogP contribution in [0.25, 0.3) is 0 Å². The van der Waals surface area contributed by atoms with Gasteiger partial charge in [-0.25, -0.2) is 0 Å². The monoisotopic (exact) mass is 181 g/mol. The van der Waals surface area contributed by atoms with E-state index >= 15 is 0 Å². The van der Waals surface area contributed by atoms with Gasteiger partial charge in [0.2, 0.25) is 0 Å². The van der Waals surface area contributed by atoms with E-state index in [0.717, 1.165) is 6.42 Å². The molecule has 3 heteroatoms. The Bertz CT molecular complexity index is 173. The van der Waals surface area contributed by atoms with Crippen molar-refractivity contribution in [3.8, 4) is 6.07 Å². The highest BCUT2D eigenvalue weighted by Crippen LogP contribution is 2.09. The molecule has 0 aromatic heterocycles. The molecule has 1 unspecified atom stereocenters. The first-order chi connectivity index (χ1) is 6.36. The van der Waals surface area contributed by atoms with Crippen molar-refractivity contribution in [1.29, 1.82) is 5.26 Å². The molecule has 1 aliphatic heterocycles. The van der Waals surface area contributed by atoms with Gasteiger partial charge in [-0.05, 0) is 39.4 Å². The second-order valence-corrected chi connectivity index (χ2v) is 3.69. The standard InChI is InChI=1S/C10H19N3/c1-12-10-5-8-13(9-10)7-4-2-3-6-11/h10,12H,2-5,7-9H2,1H3. The summed E-state index contributed by atoms with van der Waals surface area (Å²) in [5.74, 6) is 0. The second-order valence-electron chi connectivity index (χ2n) is 3.69. The molecule has 0 spiro atoms. The van der Waals surface area contributed by atoms with Crippen LogP contribution in [-0.4, -0.2) is 37.6 Å². The van der Waals surface area contributed by atoms with Crippen molar-refractivity contribution in [2.45, 2.75) is 31.7 Å². The lowest BCUT2D eigenvalue weighted by molar-refractivity contribution is 0.322.